The predicted molar refractivity (Wildman–Crippen MR) is 147 cm³/mol. The highest BCUT2D eigenvalue weighted by atomic mass is 35.5. The van der Waals surface area contributed by atoms with Crippen molar-refractivity contribution in [2.45, 2.75) is 52.4 Å². The van der Waals surface area contributed by atoms with Crippen molar-refractivity contribution in [2.75, 3.05) is 18.5 Å². The van der Waals surface area contributed by atoms with Gasteiger partial charge in [0, 0.05) is 46.7 Å². The molecule has 0 radical (unpaired) electrons. The van der Waals surface area contributed by atoms with Gasteiger partial charge in [-0.3, -0.25) is 4.79 Å². The molecule has 0 spiro atoms. The van der Waals surface area contributed by atoms with E-state index in [9.17, 15) is 18.0 Å². The number of hydrogen-bond donors (Lipinski definition) is 3. The number of alkyl halides is 3. The quantitative estimate of drug-likeness (QED) is 0.191. The van der Waals surface area contributed by atoms with E-state index < -0.39 is 17.7 Å². The molecule has 3 aromatic rings. The molecular weight excluding hydrogens is 531 g/mol. The number of aromatic nitrogens is 1. The summed E-state index contributed by atoms with van der Waals surface area (Å²) in [7, 11) is 0. The molecule has 3 rings (SSSR count). The monoisotopic (exact) mass is 563 g/mol. The summed E-state index contributed by atoms with van der Waals surface area (Å²) in [6, 6.07) is 14.7. The average molecular weight is 564 g/mol. The fraction of sp³-hybridized carbons (Fsp3) is 0.379. The van der Waals surface area contributed by atoms with Crippen LogP contribution in [0.1, 0.15) is 43.5 Å². The number of anilines is 1. The molecule has 39 heavy (non-hydrogen) atoms. The maximum absolute atomic E-state index is 13.0. The Bertz CT molecular complexity index is 1250. The standard InChI is InChI=1S/C29H33ClF3N3O3/c1-4-18(2)26(36-22-8-5-20(6-9-22)16-34-14-13-28(37)38)17-39-27-12-11-23(19(3)35-27)24-10-7-21(15-25(24)30)29(31,32)33/h5-12,15,18,26,34,36H,4,13-14,16-17H2,1-3H3,(H,37,38)/t18-,26+/m0/s1. The molecule has 6 nitrogen and oxygen atoms in total. The summed E-state index contributed by atoms with van der Waals surface area (Å²) in [6.07, 6.45) is -3.45. The van der Waals surface area contributed by atoms with Gasteiger partial charge in [-0.15, -0.1) is 0 Å². The zero-order valence-electron chi connectivity index (χ0n) is 22.1. The van der Waals surface area contributed by atoms with Gasteiger partial charge in [0.25, 0.3) is 0 Å². The second-order valence-corrected chi connectivity index (χ2v) is 9.85. The zero-order valence-corrected chi connectivity index (χ0v) is 22.9. The molecule has 0 aliphatic carbocycles. The van der Waals surface area contributed by atoms with Crippen LogP contribution in [0.3, 0.4) is 0 Å². The lowest BCUT2D eigenvalue weighted by Gasteiger charge is -2.25. The zero-order chi connectivity index (χ0) is 28.6. The molecule has 2 atom stereocenters. The van der Waals surface area contributed by atoms with Crippen molar-refractivity contribution < 1.29 is 27.8 Å². The molecule has 0 aliphatic rings. The van der Waals surface area contributed by atoms with Crippen molar-refractivity contribution >= 4 is 23.3 Å². The summed E-state index contributed by atoms with van der Waals surface area (Å²) in [4.78, 5) is 15.1. The van der Waals surface area contributed by atoms with Gasteiger partial charge in [0.1, 0.15) is 6.61 Å². The van der Waals surface area contributed by atoms with Gasteiger partial charge in [0.2, 0.25) is 5.88 Å². The Balaban J connectivity index is 1.63. The Morgan fingerprint density at radius 1 is 1.10 bits per heavy atom. The number of aryl methyl sites for hydroxylation is 1. The third kappa shape index (κ3) is 8.86. The van der Waals surface area contributed by atoms with Gasteiger partial charge in [-0.25, -0.2) is 4.98 Å². The summed E-state index contributed by atoms with van der Waals surface area (Å²) in [6.45, 7) is 7.37. The molecule has 2 aromatic carbocycles. The van der Waals surface area contributed by atoms with E-state index in [-0.39, 0.29) is 17.5 Å². The molecule has 0 fully saturated rings. The van der Waals surface area contributed by atoms with Crippen LogP contribution in [-0.2, 0) is 17.5 Å². The molecule has 0 amide bonds. The number of carboxylic acids is 1. The average Bonchev–Trinajstić information content (AvgIpc) is 2.89. The fourth-order valence-electron chi connectivity index (χ4n) is 3.98. The molecule has 210 valence electrons. The number of nitrogens with zero attached hydrogens (tertiary/aromatic N) is 1. The van der Waals surface area contributed by atoms with Crippen LogP contribution in [0, 0.1) is 12.8 Å². The van der Waals surface area contributed by atoms with E-state index in [0.29, 0.717) is 48.3 Å². The van der Waals surface area contributed by atoms with Crippen molar-refractivity contribution in [3.05, 3.63) is 76.4 Å². The number of pyridine rings is 1. The van der Waals surface area contributed by atoms with E-state index in [2.05, 4.69) is 29.5 Å². The maximum atomic E-state index is 13.0. The topological polar surface area (TPSA) is 83.5 Å². The lowest BCUT2D eigenvalue weighted by Crippen LogP contribution is -2.33. The van der Waals surface area contributed by atoms with Crippen LogP contribution in [0.4, 0.5) is 18.9 Å². The SMILES string of the molecule is CC[C@H](C)[C@@H](COc1ccc(-c2ccc(C(F)(F)F)cc2Cl)c(C)n1)Nc1ccc(CNCCC(=O)O)cc1. The number of rotatable bonds is 13. The van der Waals surface area contributed by atoms with E-state index in [1.807, 2.05) is 24.3 Å². The molecule has 0 saturated heterocycles. The van der Waals surface area contributed by atoms with Gasteiger partial charge >= 0.3 is 12.1 Å². The summed E-state index contributed by atoms with van der Waals surface area (Å²) in [5, 5.41) is 15.4. The third-order valence-electron chi connectivity index (χ3n) is 6.54. The van der Waals surface area contributed by atoms with Crippen LogP contribution in [0.5, 0.6) is 5.88 Å². The molecule has 0 aliphatic heterocycles. The summed E-state index contributed by atoms with van der Waals surface area (Å²) in [5.74, 6) is -0.115. The molecule has 0 saturated carbocycles. The minimum atomic E-state index is -4.46. The highest BCUT2D eigenvalue weighted by Gasteiger charge is 2.31. The lowest BCUT2D eigenvalue weighted by atomic mass is 9.99. The van der Waals surface area contributed by atoms with E-state index in [4.69, 9.17) is 21.4 Å². The minimum Gasteiger partial charge on any atom is -0.481 e. The number of ether oxygens (including phenoxy) is 1. The molecule has 3 N–H and O–H groups in total. The van der Waals surface area contributed by atoms with E-state index in [0.717, 1.165) is 29.8 Å². The fourth-order valence-corrected chi connectivity index (χ4v) is 4.26. The van der Waals surface area contributed by atoms with Gasteiger partial charge in [-0.1, -0.05) is 50.1 Å². The minimum absolute atomic E-state index is 0.000631. The van der Waals surface area contributed by atoms with Gasteiger partial charge in [-0.2, -0.15) is 13.2 Å². The van der Waals surface area contributed by atoms with Crippen LogP contribution in [0.15, 0.2) is 54.6 Å². The summed E-state index contributed by atoms with van der Waals surface area (Å²) in [5.41, 5.74) is 2.89. The number of carbonyl (C=O) groups is 1. The molecule has 10 heteroatoms. The second kappa shape index (κ2) is 13.7. The van der Waals surface area contributed by atoms with Gasteiger partial charge in [0.15, 0.2) is 0 Å². The van der Waals surface area contributed by atoms with Crippen LogP contribution < -0.4 is 15.4 Å². The Morgan fingerprint density at radius 2 is 1.79 bits per heavy atom. The Labute approximate surface area is 231 Å². The molecule has 1 aromatic heterocycles. The largest absolute Gasteiger partial charge is 0.481 e. The second-order valence-electron chi connectivity index (χ2n) is 9.44. The third-order valence-corrected chi connectivity index (χ3v) is 6.85. The van der Waals surface area contributed by atoms with Crippen LogP contribution >= 0.6 is 11.6 Å². The van der Waals surface area contributed by atoms with E-state index in [1.165, 1.54) is 6.07 Å². The highest BCUT2D eigenvalue weighted by Crippen LogP contribution is 2.36. The number of carboxylic acid groups (broad SMARTS) is 1. The molecular formula is C29H33ClF3N3O3. The highest BCUT2D eigenvalue weighted by molar-refractivity contribution is 6.33. The molecule has 0 unspecified atom stereocenters. The van der Waals surface area contributed by atoms with Gasteiger partial charge in [-0.05, 0) is 48.7 Å². The predicted octanol–water partition coefficient (Wildman–Crippen LogP) is 7.20. The summed E-state index contributed by atoms with van der Waals surface area (Å²) >= 11 is 6.17. The smallest absolute Gasteiger partial charge is 0.416 e. The Hall–Kier alpha value is -3.30. The van der Waals surface area contributed by atoms with Crippen molar-refractivity contribution in [3.8, 4) is 17.0 Å². The van der Waals surface area contributed by atoms with Crippen LogP contribution in [0.25, 0.3) is 11.1 Å². The maximum Gasteiger partial charge on any atom is 0.416 e. The molecule has 0 bridgehead atoms. The first-order valence-corrected chi connectivity index (χ1v) is 13.1. The summed E-state index contributed by atoms with van der Waals surface area (Å²) < 4.78 is 45.0. The first-order chi connectivity index (χ1) is 18.5. The van der Waals surface area contributed by atoms with Crippen LogP contribution in [-0.4, -0.2) is 35.3 Å². The Kier molecular flexibility index (Phi) is 10.6. The lowest BCUT2D eigenvalue weighted by molar-refractivity contribution is -0.138. The Morgan fingerprint density at radius 3 is 2.38 bits per heavy atom. The molecule has 1 heterocycles. The van der Waals surface area contributed by atoms with Gasteiger partial charge in [0.05, 0.1) is 18.0 Å². The number of halogens is 4. The normalized spacial score (nSPS) is 13.1. The first kappa shape index (κ1) is 30.2. The first-order valence-electron chi connectivity index (χ1n) is 12.7. The van der Waals surface area contributed by atoms with Gasteiger partial charge < -0.3 is 20.5 Å². The van der Waals surface area contributed by atoms with Crippen molar-refractivity contribution in [1.29, 1.82) is 0 Å². The van der Waals surface area contributed by atoms with Crippen molar-refractivity contribution in [3.63, 3.8) is 0 Å². The number of nitrogens with one attached hydrogen (secondary N) is 2. The number of benzene rings is 2. The van der Waals surface area contributed by atoms with Crippen molar-refractivity contribution in [1.82, 2.24) is 10.3 Å². The van der Waals surface area contributed by atoms with Crippen LogP contribution in [0.2, 0.25) is 5.02 Å². The van der Waals surface area contributed by atoms with Crippen molar-refractivity contribution in [2.24, 2.45) is 5.92 Å². The number of hydrogen-bond acceptors (Lipinski definition) is 5. The number of aliphatic carboxylic acids is 1. The van der Waals surface area contributed by atoms with E-state index in [1.54, 1.807) is 19.1 Å². The van der Waals surface area contributed by atoms with E-state index >= 15 is 0 Å².